The average molecular weight is 288 g/mol. The molecule has 2 unspecified atom stereocenters. The van der Waals surface area contributed by atoms with Crippen molar-refractivity contribution in [1.82, 2.24) is 10.6 Å². The Balaban J connectivity index is 2.29. The number of amides is 2. The molecule has 1 fully saturated rings. The molecule has 19 heavy (non-hydrogen) atoms. The maximum atomic E-state index is 11.7. The van der Waals surface area contributed by atoms with Gasteiger partial charge < -0.3 is 15.7 Å². The number of carboxylic acid groups (broad SMARTS) is 1. The maximum Gasteiger partial charge on any atom is 0.326 e. The summed E-state index contributed by atoms with van der Waals surface area (Å²) in [6, 6.07) is -1.17. The first-order valence-electron chi connectivity index (χ1n) is 6.80. The van der Waals surface area contributed by atoms with Crippen molar-refractivity contribution in [3.63, 3.8) is 0 Å². The summed E-state index contributed by atoms with van der Waals surface area (Å²) in [6.45, 7) is 2.84. The summed E-state index contributed by atoms with van der Waals surface area (Å²) in [6.07, 6.45) is 5.96. The molecule has 0 bridgehead atoms. The number of aliphatic carboxylic acids is 1. The molecule has 0 heterocycles. The van der Waals surface area contributed by atoms with Crippen LogP contribution in [0.4, 0.5) is 4.79 Å². The quantitative estimate of drug-likeness (QED) is 0.669. The van der Waals surface area contributed by atoms with Gasteiger partial charge in [-0.1, -0.05) is 19.8 Å². The summed E-state index contributed by atoms with van der Waals surface area (Å²) in [7, 11) is 0. The van der Waals surface area contributed by atoms with Crippen LogP contribution in [0.25, 0.3) is 0 Å². The van der Waals surface area contributed by atoms with Gasteiger partial charge >= 0.3 is 12.0 Å². The second kappa shape index (κ2) is 8.30. The Hall–Kier alpha value is -0.910. The van der Waals surface area contributed by atoms with Crippen LogP contribution in [0.1, 0.15) is 32.6 Å². The lowest BCUT2D eigenvalue weighted by Gasteiger charge is -2.18. The first kappa shape index (κ1) is 16.1. The van der Waals surface area contributed by atoms with Crippen LogP contribution in [0.2, 0.25) is 0 Å². The third kappa shape index (κ3) is 5.72. The van der Waals surface area contributed by atoms with Gasteiger partial charge in [-0.15, -0.1) is 0 Å². The Morgan fingerprint density at radius 2 is 2.16 bits per heavy atom. The SMILES string of the molecule is CSCC[C@H](NC(=O)NCC1CCCC1C)C(=O)O. The molecule has 0 saturated heterocycles. The van der Waals surface area contributed by atoms with Gasteiger partial charge in [-0.05, 0) is 36.7 Å². The van der Waals surface area contributed by atoms with Crippen molar-refractivity contribution in [3.8, 4) is 0 Å². The van der Waals surface area contributed by atoms with Crippen molar-refractivity contribution in [2.75, 3.05) is 18.6 Å². The highest BCUT2D eigenvalue weighted by Crippen LogP contribution is 2.30. The summed E-state index contributed by atoms with van der Waals surface area (Å²) < 4.78 is 0. The van der Waals surface area contributed by atoms with Crippen LogP contribution in [0, 0.1) is 11.8 Å². The molecule has 6 heteroatoms. The number of carbonyl (C=O) groups is 2. The molecule has 5 nitrogen and oxygen atoms in total. The average Bonchev–Trinajstić information content (AvgIpc) is 2.77. The van der Waals surface area contributed by atoms with Crippen molar-refractivity contribution in [1.29, 1.82) is 0 Å². The van der Waals surface area contributed by atoms with Crippen LogP contribution < -0.4 is 10.6 Å². The topological polar surface area (TPSA) is 78.4 Å². The minimum absolute atomic E-state index is 0.368. The smallest absolute Gasteiger partial charge is 0.326 e. The zero-order chi connectivity index (χ0) is 14.3. The third-order valence-corrected chi connectivity index (χ3v) is 4.42. The predicted molar refractivity (Wildman–Crippen MR) is 77.5 cm³/mol. The largest absolute Gasteiger partial charge is 0.480 e. The molecule has 0 aliphatic heterocycles. The summed E-state index contributed by atoms with van der Waals surface area (Å²) in [5.41, 5.74) is 0. The van der Waals surface area contributed by atoms with Crippen LogP contribution in [0.15, 0.2) is 0 Å². The molecule has 1 rings (SSSR count). The number of thioether (sulfide) groups is 1. The van der Waals surface area contributed by atoms with Gasteiger partial charge in [0.25, 0.3) is 0 Å². The van der Waals surface area contributed by atoms with Gasteiger partial charge in [0.1, 0.15) is 6.04 Å². The van der Waals surface area contributed by atoms with E-state index in [1.165, 1.54) is 12.8 Å². The molecule has 0 aromatic rings. The van der Waals surface area contributed by atoms with Crippen molar-refractivity contribution in [2.45, 2.75) is 38.6 Å². The number of nitrogens with one attached hydrogen (secondary N) is 2. The maximum absolute atomic E-state index is 11.7. The number of hydrogen-bond acceptors (Lipinski definition) is 3. The molecule has 0 spiro atoms. The van der Waals surface area contributed by atoms with Gasteiger partial charge in [-0.2, -0.15) is 11.8 Å². The second-order valence-electron chi connectivity index (χ2n) is 5.19. The molecule has 1 saturated carbocycles. The predicted octanol–water partition coefficient (Wildman–Crippen LogP) is 1.93. The van der Waals surface area contributed by atoms with Gasteiger partial charge in [-0.25, -0.2) is 9.59 Å². The van der Waals surface area contributed by atoms with E-state index in [1.54, 1.807) is 11.8 Å². The normalized spacial score (nSPS) is 23.9. The van der Waals surface area contributed by atoms with Crippen LogP contribution >= 0.6 is 11.8 Å². The van der Waals surface area contributed by atoms with Crippen LogP contribution in [0.3, 0.4) is 0 Å². The number of urea groups is 1. The Kier molecular flexibility index (Phi) is 7.05. The third-order valence-electron chi connectivity index (χ3n) is 3.78. The molecule has 1 aliphatic rings. The van der Waals surface area contributed by atoms with Gasteiger partial charge in [-0.3, -0.25) is 0 Å². The molecule has 0 radical (unpaired) electrons. The number of carbonyl (C=O) groups excluding carboxylic acids is 1. The van der Waals surface area contributed by atoms with Gasteiger partial charge in [0.05, 0.1) is 0 Å². The van der Waals surface area contributed by atoms with Crippen molar-refractivity contribution in [3.05, 3.63) is 0 Å². The second-order valence-corrected chi connectivity index (χ2v) is 6.18. The lowest BCUT2D eigenvalue weighted by Crippen LogP contribution is -2.47. The van der Waals surface area contributed by atoms with E-state index in [9.17, 15) is 9.59 Å². The van der Waals surface area contributed by atoms with Crippen LogP contribution in [0.5, 0.6) is 0 Å². The summed E-state index contributed by atoms with van der Waals surface area (Å²) in [5, 5.41) is 14.3. The van der Waals surface area contributed by atoms with E-state index in [4.69, 9.17) is 5.11 Å². The number of carboxylic acids is 1. The molecule has 2 amide bonds. The fraction of sp³-hybridized carbons (Fsp3) is 0.846. The van der Waals surface area contributed by atoms with Crippen LogP contribution in [-0.4, -0.2) is 41.7 Å². The van der Waals surface area contributed by atoms with Crippen molar-refractivity contribution >= 4 is 23.8 Å². The lowest BCUT2D eigenvalue weighted by atomic mass is 9.98. The highest BCUT2D eigenvalue weighted by Gasteiger charge is 2.24. The van der Waals surface area contributed by atoms with E-state index >= 15 is 0 Å². The van der Waals surface area contributed by atoms with E-state index in [1.807, 2.05) is 6.26 Å². The number of hydrogen-bond donors (Lipinski definition) is 3. The molecular weight excluding hydrogens is 264 g/mol. The fourth-order valence-corrected chi connectivity index (χ4v) is 2.92. The molecule has 3 atom stereocenters. The summed E-state index contributed by atoms with van der Waals surface area (Å²) >= 11 is 1.57. The van der Waals surface area contributed by atoms with E-state index in [-0.39, 0.29) is 6.03 Å². The molecule has 0 aromatic carbocycles. The zero-order valence-electron chi connectivity index (χ0n) is 11.6. The Bertz CT molecular complexity index is 312. The standard InChI is InChI=1S/C13H24N2O3S/c1-9-4-3-5-10(9)8-14-13(18)15-11(12(16)17)6-7-19-2/h9-11H,3-8H2,1-2H3,(H,16,17)(H2,14,15,18)/t9?,10?,11-/m0/s1. The molecule has 3 N–H and O–H groups in total. The molecular formula is C13H24N2O3S. The Labute approximate surface area is 118 Å². The van der Waals surface area contributed by atoms with Gasteiger partial charge in [0.15, 0.2) is 0 Å². The highest BCUT2D eigenvalue weighted by atomic mass is 32.2. The first-order chi connectivity index (χ1) is 9.04. The van der Waals surface area contributed by atoms with E-state index in [0.29, 0.717) is 24.8 Å². The monoisotopic (exact) mass is 288 g/mol. The Morgan fingerprint density at radius 1 is 1.42 bits per heavy atom. The van der Waals surface area contributed by atoms with Gasteiger partial charge in [0.2, 0.25) is 0 Å². The van der Waals surface area contributed by atoms with E-state index in [0.717, 1.165) is 12.2 Å². The zero-order valence-corrected chi connectivity index (χ0v) is 12.5. The first-order valence-corrected chi connectivity index (χ1v) is 8.20. The van der Waals surface area contributed by atoms with Gasteiger partial charge in [0, 0.05) is 6.54 Å². The lowest BCUT2D eigenvalue weighted by molar-refractivity contribution is -0.139. The minimum atomic E-state index is -0.974. The van der Waals surface area contributed by atoms with Crippen molar-refractivity contribution in [2.24, 2.45) is 11.8 Å². The van der Waals surface area contributed by atoms with Crippen LogP contribution in [-0.2, 0) is 4.79 Å². The van der Waals surface area contributed by atoms with Crippen molar-refractivity contribution < 1.29 is 14.7 Å². The molecule has 110 valence electrons. The summed E-state index contributed by atoms with van der Waals surface area (Å²) in [4.78, 5) is 22.7. The summed E-state index contributed by atoms with van der Waals surface area (Å²) in [5.74, 6) is 0.919. The molecule has 0 aromatic heterocycles. The minimum Gasteiger partial charge on any atom is -0.480 e. The number of rotatable bonds is 7. The Morgan fingerprint density at radius 3 is 2.68 bits per heavy atom. The highest BCUT2D eigenvalue weighted by molar-refractivity contribution is 7.98. The van der Waals surface area contributed by atoms with E-state index in [2.05, 4.69) is 17.6 Å². The molecule has 1 aliphatic carbocycles. The van der Waals surface area contributed by atoms with E-state index < -0.39 is 12.0 Å². The fourth-order valence-electron chi connectivity index (χ4n) is 2.45.